The van der Waals surface area contributed by atoms with Crippen LogP contribution in [0.5, 0.6) is 0 Å². The van der Waals surface area contributed by atoms with Crippen LogP contribution in [0.1, 0.15) is 54.9 Å². The van der Waals surface area contributed by atoms with Gasteiger partial charge in [0.05, 0.1) is 0 Å². The van der Waals surface area contributed by atoms with Crippen molar-refractivity contribution in [2.75, 3.05) is 6.54 Å². The summed E-state index contributed by atoms with van der Waals surface area (Å²) in [7, 11) is 0. The lowest BCUT2D eigenvalue weighted by Crippen LogP contribution is -2.44. The summed E-state index contributed by atoms with van der Waals surface area (Å²) < 4.78 is 0. The molecule has 1 atom stereocenters. The molecular formula is C12H27N. The molecule has 0 aromatic carbocycles. The lowest BCUT2D eigenvalue weighted by Gasteiger charge is -2.36. The van der Waals surface area contributed by atoms with Gasteiger partial charge in [-0.2, -0.15) is 0 Å². The molecule has 0 radical (unpaired) electrons. The Morgan fingerprint density at radius 2 is 1.54 bits per heavy atom. The quantitative estimate of drug-likeness (QED) is 0.707. The summed E-state index contributed by atoms with van der Waals surface area (Å²) in [6.07, 6.45) is 1.24. The second-order valence-corrected chi connectivity index (χ2v) is 5.77. The first-order valence-electron chi connectivity index (χ1n) is 5.46. The SMILES string of the molecule is CCC(C)(CNC(C)(C)C)C(C)C. The molecule has 0 saturated carbocycles. The minimum absolute atomic E-state index is 0.241. The van der Waals surface area contributed by atoms with E-state index in [1.807, 2.05) is 0 Å². The van der Waals surface area contributed by atoms with Gasteiger partial charge in [-0.25, -0.2) is 0 Å². The van der Waals surface area contributed by atoms with Crippen molar-refractivity contribution in [1.29, 1.82) is 0 Å². The maximum Gasteiger partial charge on any atom is 0.00967 e. The predicted octanol–water partition coefficient (Wildman–Crippen LogP) is 3.45. The molecule has 0 saturated heterocycles. The standard InChI is InChI=1S/C12H27N/c1-8-12(7,10(2)3)9-13-11(4,5)6/h10,13H,8-9H2,1-7H3. The van der Waals surface area contributed by atoms with Gasteiger partial charge in [0, 0.05) is 12.1 Å². The lowest BCUT2D eigenvalue weighted by atomic mass is 9.76. The van der Waals surface area contributed by atoms with Gasteiger partial charge in [-0.05, 0) is 38.5 Å². The Morgan fingerprint density at radius 1 is 1.08 bits per heavy atom. The van der Waals surface area contributed by atoms with Gasteiger partial charge in [-0.3, -0.25) is 0 Å². The van der Waals surface area contributed by atoms with Crippen molar-refractivity contribution in [2.45, 2.75) is 60.4 Å². The van der Waals surface area contributed by atoms with Crippen LogP contribution in [-0.2, 0) is 0 Å². The van der Waals surface area contributed by atoms with E-state index >= 15 is 0 Å². The van der Waals surface area contributed by atoms with Crippen molar-refractivity contribution >= 4 is 0 Å². The summed E-state index contributed by atoms with van der Waals surface area (Å²) in [6.45, 7) is 17.1. The fourth-order valence-electron chi connectivity index (χ4n) is 1.20. The molecule has 0 aromatic heterocycles. The molecule has 0 bridgehead atoms. The molecule has 1 nitrogen and oxygen atoms in total. The zero-order valence-electron chi connectivity index (χ0n) is 10.5. The highest BCUT2D eigenvalue weighted by molar-refractivity contribution is 4.82. The Hall–Kier alpha value is -0.0400. The first kappa shape index (κ1) is 13.0. The number of hydrogen-bond acceptors (Lipinski definition) is 1. The number of rotatable bonds is 4. The molecule has 1 heteroatoms. The van der Waals surface area contributed by atoms with Crippen LogP contribution in [0.15, 0.2) is 0 Å². The smallest absolute Gasteiger partial charge is 0.00967 e. The van der Waals surface area contributed by atoms with E-state index in [9.17, 15) is 0 Å². The van der Waals surface area contributed by atoms with E-state index in [1.54, 1.807) is 0 Å². The van der Waals surface area contributed by atoms with Gasteiger partial charge in [0.2, 0.25) is 0 Å². The Balaban J connectivity index is 4.14. The topological polar surface area (TPSA) is 12.0 Å². The van der Waals surface area contributed by atoms with Crippen LogP contribution in [0.3, 0.4) is 0 Å². The van der Waals surface area contributed by atoms with E-state index in [0.717, 1.165) is 12.5 Å². The second-order valence-electron chi connectivity index (χ2n) is 5.77. The van der Waals surface area contributed by atoms with Gasteiger partial charge in [-0.1, -0.05) is 27.7 Å². The van der Waals surface area contributed by atoms with E-state index < -0.39 is 0 Å². The van der Waals surface area contributed by atoms with Crippen molar-refractivity contribution in [3.8, 4) is 0 Å². The predicted molar refractivity (Wildman–Crippen MR) is 61.0 cm³/mol. The summed E-state index contributed by atoms with van der Waals surface area (Å²) >= 11 is 0. The van der Waals surface area contributed by atoms with Gasteiger partial charge in [-0.15, -0.1) is 0 Å². The van der Waals surface area contributed by atoms with Crippen molar-refractivity contribution < 1.29 is 0 Å². The van der Waals surface area contributed by atoms with E-state index in [-0.39, 0.29) is 5.54 Å². The summed E-state index contributed by atoms with van der Waals surface area (Å²) in [6, 6.07) is 0. The zero-order chi connectivity index (χ0) is 10.7. The van der Waals surface area contributed by atoms with Crippen molar-refractivity contribution in [2.24, 2.45) is 11.3 Å². The average Bonchev–Trinajstić information content (AvgIpc) is 1.98. The molecular weight excluding hydrogens is 158 g/mol. The molecule has 1 unspecified atom stereocenters. The third-order valence-corrected chi connectivity index (χ3v) is 3.22. The monoisotopic (exact) mass is 185 g/mol. The van der Waals surface area contributed by atoms with E-state index in [1.165, 1.54) is 6.42 Å². The largest absolute Gasteiger partial charge is 0.312 e. The highest BCUT2D eigenvalue weighted by Gasteiger charge is 2.27. The van der Waals surface area contributed by atoms with E-state index in [0.29, 0.717) is 5.41 Å². The maximum atomic E-state index is 3.59. The summed E-state index contributed by atoms with van der Waals surface area (Å²) in [5, 5.41) is 3.59. The summed E-state index contributed by atoms with van der Waals surface area (Å²) in [5.74, 6) is 0.743. The highest BCUT2D eigenvalue weighted by Crippen LogP contribution is 2.30. The maximum absolute atomic E-state index is 3.59. The molecule has 1 N–H and O–H groups in total. The third-order valence-electron chi connectivity index (χ3n) is 3.22. The molecule has 0 aliphatic heterocycles. The van der Waals surface area contributed by atoms with Crippen LogP contribution in [0.2, 0.25) is 0 Å². The fraction of sp³-hybridized carbons (Fsp3) is 1.00. The Labute approximate surface area is 84.3 Å². The first-order valence-corrected chi connectivity index (χ1v) is 5.46. The van der Waals surface area contributed by atoms with Crippen LogP contribution in [-0.4, -0.2) is 12.1 Å². The van der Waals surface area contributed by atoms with Crippen LogP contribution in [0, 0.1) is 11.3 Å². The van der Waals surface area contributed by atoms with Crippen molar-refractivity contribution in [3.63, 3.8) is 0 Å². The minimum Gasteiger partial charge on any atom is -0.312 e. The Kier molecular flexibility index (Phi) is 4.44. The Bertz CT molecular complexity index is 144. The van der Waals surface area contributed by atoms with Gasteiger partial charge in [0.1, 0.15) is 0 Å². The molecule has 0 spiro atoms. The molecule has 0 aliphatic rings. The number of hydrogen-bond donors (Lipinski definition) is 1. The van der Waals surface area contributed by atoms with Crippen LogP contribution in [0.4, 0.5) is 0 Å². The molecule has 0 fully saturated rings. The van der Waals surface area contributed by atoms with Gasteiger partial charge >= 0.3 is 0 Å². The molecule has 0 rings (SSSR count). The van der Waals surface area contributed by atoms with Crippen LogP contribution in [0.25, 0.3) is 0 Å². The summed E-state index contributed by atoms with van der Waals surface area (Å²) in [4.78, 5) is 0. The highest BCUT2D eigenvalue weighted by atomic mass is 15.0. The van der Waals surface area contributed by atoms with Gasteiger partial charge < -0.3 is 5.32 Å². The second kappa shape index (κ2) is 4.45. The molecule has 13 heavy (non-hydrogen) atoms. The third kappa shape index (κ3) is 4.66. The van der Waals surface area contributed by atoms with Gasteiger partial charge in [0.25, 0.3) is 0 Å². The fourth-order valence-corrected chi connectivity index (χ4v) is 1.20. The summed E-state index contributed by atoms with van der Waals surface area (Å²) in [5.41, 5.74) is 0.679. The molecule has 0 aliphatic carbocycles. The molecule has 0 amide bonds. The Morgan fingerprint density at radius 3 is 1.77 bits per heavy atom. The number of nitrogens with one attached hydrogen (secondary N) is 1. The van der Waals surface area contributed by atoms with Gasteiger partial charge in [0.15, 0.2) is 0 Å². The average molecular weight is 185 g/mol. The van der Waals surface area contributed by atoms with E-state index in [4.69, 9.17) is 0 Å². The normalized spacial score (nSPS) is 17.5. The first-order chi connectivity index (χ1) is 5.71. The zero-order valence-corrected chi connectivity index (χ0v) is 10.5. The lowest BCUT2D eigenvalue weighted by molar-refractivity contribution is 0.182. The van der Waals surface area contributed by atoms with Crippen molar-refractivity contribution in [1.82, 2.24) is 5.32 Å². The minimum atomic E-state index is 0.241. The van der Waals surface area contributed by atoms with Crippen LogP contribution < -0.4 is 5.32 Å². The van der Waals surface area contributed by atoms with E-state index in [2.05, 4.69) is 53.8 Å². The molecule has 0 aromatic rings. The van der Waals surface area contributed by atoms with Crippen molar-refractivity contribution in [3.05, 3.63) is 0 Å². The molecule has 80 valence electrons. The molecule has 0 heterocycles. The van der Waals surface area contributed by atoms with Crippen LogP contribution >= 0.6 is 0 Å².